The van der Waals surface area contributed by atoms with E-state index >= 15 is 0 Å². The third-order valence-corrected chi connectivity index (χ3v) is 5.09. The Morgan fingerprint density at radius 3 is 3.16 bits per heavy atom. The number of nitrogens with zero attached hydrogens (tertiary/aromatic N) is 3. The summed E-state index contributed by atoms with van der Waals surface area (Å²) >= 11 is 1.37. The predicted molar refractivity (Wildman–Crippen MR) is 95.3 cm³/mol. The first-order chi connectivity index (χ1) is 12.2. The second kappa shape index (κ2) is 6.64. The van der Waals surface area contributed by atoms with Crippen LogP contribution in [0.4, 0.5) is 5.13 Å². The number of hydrogen-bond acceptors (Lipinski definition) is 5. The number of fused-ring (bicyclic) bond motifs is 1. The Morgan fingerprint density at radius 1 is 1.40 bits per heavy atom. The molecule has 1 aliphatic rings. The normalized spacial score (nSPS) is 17.1. The molecule has 0 aliphatic carbocycles. The minimum absolute atomic E-state index is 0.0318. The molecule has 0 radical (unpaired) electrons. The summed E-state index contributed by atoms with van der Waals surface area (Å²) in [5.41, 5.74) is 1.82. The van der Waals surface area contributed by atoms with Crippen LogP contribution in [0.5, 0.6) is 0 Å². The van der Waals surface area contributed by atoms with Crippen molar-refractivity contribution in [2.75, 3.05) is 11.9 Å². The number of rotatable bonds is 4. The van der Waals surface area contributed by atoms with Gasteiger partial charge in [-0.3, -0.25) is 14.7 Å². The fraction of sp³-hybridized carbons (Fsp3) is 0.294. The summed E-state index contributed by atoms with van der Waals surface area (Å²) < 4.78 is 0. The summed E-state index contributed by atoms with van der Waals surface area (Å²) in [6, 6.07) is 5.38. The highest BCUT2D eigenvalue weighted by Crippen LogP contribution is 2.22. The van der Waals surface area contributed by atoms with E-state index in [-0.39, 0.29) is 18.2 Å². The maximum absolute atomic E-state index is 12.7. The molecule has 2 amide bonds. The van der Waals surface area contributed by atoms with Gasteiger partial charge >= 0.3 is 0 Å². The van der Waals surface area contributed by atoms with Gasteiger partial charge in [0, 0.05) is 23.5 Å². The fourth-order valence-corrected chi connectivity index (χ4v) is 3.71. The number of amides is 2. The van der Waals surface area contributed by atoms with E-state index < -0.39 is 6.04 Å². The summed E-state index contributed by atoms with van der Waals surface area (Å²) in [6.07, 6.45) is 5.18. The van der Waals surface area contributed by atoms with Gasteiger partial charge in [-0.1, -0.05) is 12.1 Å². The molecule has 0 saturated carbocycles. The molecule has 1 unspecified atom stereocenters. The topological polar surface area (TPSA) is 91.0 Å². The van der Waals surface area contributed by atoms with Crippen molar-refractivity contribution in [3.63, 3.8) is 0 Å². The summed E-state index contributed by atoms with van der Waals surface area (Å²) in [7, 11) is 0. The molecule has 3 aromatic rings. The minimum atomic E-state index is -0.424. The maximum Gasteiger partial charge on any atom is 0.248 e. The van der Waals surface area contributed by atoms with Gasteiger partial charge in [0.2, 0.25) is 11.8 Å². The van der Waals surface area contributed by atoms with Gasteiger partial charge in [0.1, 0.15) is 6.04 Å². The van der Waals surface area contributed by atoms with Crippen LogP contribution in [-0.2, 0) is 16.0 Å². The zero-order valence-electron chi connectivity index (χ0n) is 13.4. The van der Waals surface area contributed by atoms with Crippen LogP contribution in [0.25, 0.3) is 10.9 Å². The van der Waals surface area contributed by atoms with Crippen LogP contribution in [0.1, 0.15) is 18.4 Å². The molecule has 0 bridgehead atoms. The third kappa shape index (κ3) is 3.25. The highest BCUT2D eigenvalue weighted by atomic mass is 32.1. The van der Waals surface area contributed by atoms with Crippen LogP contribution >= 0.6 is 11.3 Å². The van der Waals surface area contributed by atoms with Crippen molar-refractivity contribution >= 4 is 39.2 Å². The Labute approximate surface area is 148 Å². The summed E-state index contributed by atoms with van der Waals surface area (Å²) in [4.78, 5) is 30.9. The lowest BCUT2D eigenvalue weighted by Crippen LogP contribution is -2.43. The number of carbonyl (C=O) groups excluding carboxylic acids is 2. The molecular weight excluding hydrogens is 338 g/mol. The Hall–Kier alpha value is -2.74. The molecule has 0 spiro atoms. The Kier molecular flexibility index (Phi) is 4.19. The Balaban J connectivity index is 1.45. The number of hydrogen-bond donors (Lipinski definition) is 2. The average Bonchev–Trinajstić information content (AvgIpc) is 3.35. The first kappa shape index (κ1) is 15.8. The first-order valence-corrected chi connectivity index (χ1v) is 9.00. The molecule has 2 aromatic heterocycles. The molecule has 25 heavy (non-hydrogen) atoms. The molecule has 1 atom stereocenters. The first-order valence-electron chi connectivity index (χ1n) is 8.12. The summed E-state index contributed by atoms with van der Waals surface area (Å²) in [5.74, 6) is -0.194. The number of aromatic nitrogens is 3. The second-order valence-corrected chi connectivity index (χ2v) is 6.93. The van der Waals surface area contributed by atoms with Gasteiger partial charge < -0.3 is 10.2 Å². The van der Waals surface area contributed by atoms with Crippen molar-refractivity contribution in [1.82, 2.24) is 20.1 Å². The number of anilines is 1. The van der Waals surface area contributed by atoms with E-state index in [1.807, 2.05) is 18.2 Å². The van der Waals surface area contributed by atoms with E-state index in [2.05, 4.69) is 20.5 Å². The molecule has 128 valence electrons. The highest BCUT2D eigenvalue weighted by Gasteiger charge is 2.34. The second-order valence-electron chi connectivity index (χ2n) is 6.04. The van der Waals surface area contributed by atoms with E-state index in [4.69, 9.17) is 0 Å². The summed E-state index contributed by atoms with van der Waals surface area (Å²) in [5, 5.41) is 13.1. The summed E-state index contributed by atoms with van der Waals surface area (Å²) in [6.45, 7) is 0.612. The van der Waals surface area contributed by atoms with Gasteiger partial charge in [-0.05, 0) is 24.5 Å². The number of carbonyl (C=O) groups is 2. The van der Waals surface area contributed by atoms with Crippen molar-refractivity contribution in [2.45, 2.75) is 25.3 Å². The van der Waals surface area contributed by atoms with Crippen molar-refractivity contribution in [1.29, 1.82) is 0 Å². The highest BCUT2D eigenvalue weighted by molar-refractivity contribution is 7.13. The van der Waals surface area contributed by atoms with Gasteiger partial charge in [0.15, 0.2) is 5.13 Å². The molecular formula is C17H17N5O2S. The fourth-order valence-electron chi connectivity index (χ4n) is 3.18. The molecule has 1 fully saturated rings. The van der Waals surface area contributed by atoms with Crippen LogP contribution in [0, 0.1) is 0 Å². The van der Waals surface area contributed by atoms with Gasteiger partial charge in [0.25, 0.3) is 0 Å². The number of nitrogens with one attached hydrogen (secondary N) is 2. The maximum atomic E-state index is 12.7. The predicted octanol–water partition coefficient (Wildman–Crippen LogP) is 2.19. The van der Waals surface area contributed by atoms with E-state index in [1.54, 1.807) is 22.7 Å². The average molecular weight is 355 g/mol. The standard InChI is InChI=1S/C17H17N5O2S/c23-15(9-11-3-4-12-10-19-21-13(12)8-11)22-6-1-2-14(22)16(24)20-17-18-5-7-25-17/h3-5,7-8,10,14H,1-2,6,9H2,(H,19,21)(H,18,20,24). The van der Waals surface area contributed by atoms with Crippen LogP contribution in [0.15, 0.2) is 36.0 Å². The van der Waals surface area contributed by atoms with Gasteiger partial charge in [-0.2, -0.15) is 5.10 Å². The van der Waals surface area contributed by atoms with E-state index in [9.17, 15) is 9.59 Å². The number of thiazole rings is 1. The van der Waals surface area contributed by atoms with Gasteiger partial charge in [-0.15, -0.1) is 11.3 Å². The van der Waals surface area contributed by atoms with Crippen molar-refractivity contribution < 1.29 is 9.59 Å². The third-order valence-electron chi connectivity index (χ3n) is 4.40. The molecule has 4 rings (SSSR count). The molecule has 1 saturated heterocycles. The SMILES string of the molecule is O=C(Nc1nccs1)C1CCCN1C(=O)Cc1ccc2cn[nH]c2c1. The largest absolute Gasteiger partial charge is 0.330 e. The van der Waals surface area contributed by atoms with Crippen LogP contribution < -0.4 is 5.32 Å². The smallest absolute Gasteiger partial charge is 0.248 e. The van der Waals surface area contributed by atoms with Gasteiger partial charge in [0.05, 0.1) is 18.1 Å². The number of benzene rings is 1. The zero-order valence-corrected chi connectivity index (χ0v) is 14.3. The lowest BCUT2D eigenvalue weighted by molar-refractivity contribution is -0.136. The molecule has 3 heterocycles. The number of H-pyrrole nitrogens is 1. The van der Waals surface area contributed by atoms with Crippen LogP contribution in [0.2, 0.25) is 0 Å². The van der Waals surface area contributed by atoms with Crippen LogP contribution in [0.3, 0.4) is 0 Å². The molecule has 8 heteroatoms. The molecule has 1 aliphatic heterocycles. The van der Waals surface area contributed by atoms with E-state index in [0.717, 1.165) is 22.9 Å². The molecule has 7 nitrogen and oxygen atoms in total. The monoisotopic (exact) mass is 355 g/mol. The van der Waals surface area contributed by atoms with E-state index in [1.165, 1.54) is 11.3 Å². The lowest BCUT2D eigenvalue weighted by Gasteiger charge is -2.23. The zero-order chi connectivity index (χ0) is 17.2. The molecule has 2 N–H and O–H groups in total. The Morgan fingerprint density at radius 2 is 2.32 bits per heavy atom. The quantitative estimate of drug-likeness (QED) is 0.750. The minimum Gasteiger partial charge on any atom is -0.330 e. The van der Waals surface area contributed by atoms with Crippen LogP contribution in [-0.4, -0.2) is 44.5 Å². The van der Waals surface area contributed by atoms with E-state index in [0.29, 0.717) is 18.1 Å². The van der Waals surface area contributed by atoms with Gasteiger partial charge in [-0.25, -0.2) is 4.98 Å². The van der Waals surface area contributed by atoms with Crippen molar-refractivity contribution in [3.05, 3.63) is 41.5 Å². The number of aromatic amines is 1. The number of likely N-dealkylation sites (tertiary alicyclic amines) is 1. The lowest BCUT2D eigenvalue weighted by atomic mass is 10.1. The van der Waals surface area contributed by atoms with Crippen molar-refractivity contribution in [2.24, 2.45) is 0 Å². The molecule has 1 aromatic carbocycles. The Bertz CT molecular complexity index is 905. The van der Waals surface area contributed by atoms with Crippen molar-refractivity contribution in [3.8, 4) is 0 Å².